The third kappa shape index (κ3) is 2.18. The summed E-state index contributed by atoms with van der Waals surface area (Å²) in [6, 6.07) is 8.10. The van der Waals surface area contributed by atoms with Gasteiger partial charge in [0.1, 0.15) is 4.88 Å². The Morgan fingerprint density at radius 3 is 3.00 bits per heavy atom. The summed E-state index contributed by atoms with van der Waals surface area (Å²) in [5.74, 6) is 0.507. The zero-order chi connectivity index (χ0) is 12.5. The lowest BCUT2D eigenvalue weighted by Gasteiger charge is -1.95. The maximum absolute atomic E-state index is 11.5. The van der Waals surface area contributed by atoms with Crippen LogP contribution in [0.1, 0.15) is 28.1 Å². The lowest BCUT2D eigenvalue weighted by molar-refractivity contribution is 0.0606. The highest BCUT2D eigenvalue weighted by Gasteiger charge is 2.17. The first-order valence-electron chi connectivity index (χ1n) is 6.07. The highest BCUT2D eigenvalue weighted by Crippen LogP contribution is 2.33. The number of esters is 1. The molecular weight excluding hydrogens is 244 g/mol. The van der Waals surface area contributed by atoms with Crippen molar-refractivity contribution in [2.75, 3.05) is 7.11 Å². The molecule has 18 heavy (non-hydrogen) atoms. The quantitative estimate of drug-likeness (QED) is 0.774. The molecule has 2 aromatic rings. The summed E-state index contributed by atoms with van der Waals surface area (Å²) < 4.78 is 5.90. The second-order valence-electron chi connectivity index (χ2n) is 4.56. The number of allylic oxidation sites excluding steroid dienone is 1. The van der Waals surface area contributed by atoms with Crippen LogP contribution in [0.15, 0.2) is 30.3 Å². The second-order valence-corrected chi connectivity index (χ2v) is 5.64. The number of carbonyl (C=O) groups excluding carboxylic acids is 1. The minimum absolute atomic E-state index is 0.256. The van der Waals surface area contributed by atoms with Gasteiger partial charge in [0, 0.05) is 10.1 Å². The highest BCUT2D eigenvalue weighted by molar-refractivity contribution is 7.20. The normalized spacial score (nSPS) is 15.4. The van der Waals surface area contributed by atoms with Gasteiger partial charge in [0.2, 0.25) is 0 Å². The van der Waals surface area contributed by atoms with Crippen LogP contribution >= 0.6 is 11.3 Å². The van der Waals surface area contributed by atoms with Crippen LogP contribution in [0.2, 0.25) is 0 Å². The van der Waals surface area contributed by atoms with Crippen molar-refractivity contribution in [1.29, 1.82) is 0 Å². The minimum Gasteiger partial charge on any atom is -0.465 e. The molecule has 0 unspecified atom stereocenters. The number of ether oxygens (including phenoxy) is 1. The zero-order valence-corrected chi connectivity index (χ0v) is 11.0. The summed E-state index contributed by atoms with van der Waals surface area (Å²) in [7, 11) is 1.42. The van der Waals surface area contributed by atoms with Gasteiger partial charge < -0.3 is 4.74 Å². The molecule has 0 amide bonds. The molecule has 2 nitrogen and oxygen atoms in total. The summed E-state index contributed by atoms with van der Waals surface area (Å²) in [5.41, 5.74) is 1.19. The van der Waals surface area contributed by atoms with Gasteiger partial charge in [0.05, 0.1) is 7.11 Å². The van der Waals surface area contributed by atoms with Gasteiger partial charge in [0.25, 0.3) is 0 Å². The van der Waals surface area contributed by atoms with Crippen molar-refractivity contribution in [3.8, 4) is 0 Å². The lowest BCUT2D eigenvalue weighted by Crippen LogP contribution is -1.96. The first-order valence-corrected chi connectivity index (χ1v) is 6.88. The number of benzene rings is 1. The smallest absolute Gasteiger partial charge is 0.348 e. The number of thiophene rings is 1. The molecule has 3 heteroatoms. The molecule has 0 aliphatic heterocycles. The molecule has 1 fully saturated rings. The van der Waals surface area contributed by atoms with Crippen molar-refractivity contribution in [2.45, 2.75) is 12.8 Å². The molecular formula is C15H14O2S. The van der Waals surface area contributed by atoms with Gasteiger partial charge in [-0.25, -0.2) is 4.79 Å². The predicted octanol–water partition coefficient (Wildman–Crippen LogP) is 4.11. The number of fused-ring (bicyclic) bond motifs is 1. The second kappa shape index (κ2) is 4.58. The number of carbonyl (C=O) groups is 1. The molecule has 0 saturated heterocycles. The van der Waals surface area contributed by atoms with Crippen molar-refractivity contribution in [2.24, 2.45) is 5.92 Å². The van der Waals surface area contributed by atoms with Crippen molar-refractivity contribution >= 4 is 33.5 Å². The summed E-state index contributed by atoms with van der Waals surface area (Å²) in [4.78, 5) is 12.2. The van der Waals surface area contributed by atoms with E-state index in [1.54, 1.807) is 0 Å². The molecule has 0 spiro atoms. The topological polar surface area (TPSA) is 26.3 Å². The van der Waals surface area contributed by atoms with Crippen LogP contribution in [0.3, 0.4) is 0 Å². The largest absolute Gasteiger partial charge is 0.465 e. The van der Waals surface area contributed by atoms with E-state index < -0.39 is 0 Å². The summed E-state index contributed by atoms with van der Waals surface area (Å²) in [6.07, 6.45) is 7.06. The minimum atomic E-state index is -0.256. The van der Waals surface area contributed by atoms with E-state index in [1.165, 1.54) is 36.9 Å². The molecule has 0 atom stereocenters. The zero-order valence-electron chi connectivity index (χ0n) is 10.2. The van der Waals surface area contributed by atoms with Gasteiger partial charge in [-0.3, -0.25) is 0 Å². The number of hydrogen-bond donors (Lipinski definition) is 0. The standard InChI is InChI=1S/C15H14O2S/c1-17-15(16)14-9-12-11(8-7-10-5-6-10)3-2-4-13(12)18-14/h2-4,7-10H,5-6H2,1H3. The molecule has 1 aromatic heterocycles. The van der Waals surface area contributed by atoms with Crippen molar-refractivity contribution < 1.29 is 9.53 Å². The number of rotatable bonds is 3. The van der Waals surface area contributed by atoms with E-state index in [2.05, 4.69) is 18.2 Å². The Balaban J connectivity index is 2.03. The van der Waals surface area contributed by atoms with E-state index in [4.69, 9.17) is 4.74 Å². The van der Waals surface area contributed by atoms with E-state index in [9.17, 15) is 4.79 Å². The Morgan fingerprint density at radius 1 is 1.44 bits per heavy atom. The van der Waals surface area contributed by atoms with Crippen LogP contribution < -0.4 is 0 Å². The maximum atomic E-state index is 11.5. The van der Waals surface area contributed by atoms with Gasteiger partial charge in [-0.2, -0.15) is 0 Å². The average Bonchev–Trinajstić information content (AvgIpc) is 3.12. The number of hydrogen-bond acceptors (Lipinski definition) is 3. The van der Waals surface area contributed by atoms with E-state index in [0.29, 0.717) is 4.88 Å². The molecule has 0 bridgehead atoms. The Bertz CT molecular complexity index is 620. The van der Waals surface area contributed by atoms with E-state index in [-0.39, 0.29) is 5.97 Å². The molecule has 1 aliphatic rings. The fourth-order valence-electron chi connectivity index (χ4n) is 1.96. The van der Waals surface area contributed by atoms with Crippen LogP contribution in [-0.4, -0.2) is 13.1 Å². The summed E-state index contributed by atoms with van der Waals surface area (Å²) in [6.45, 7) is 0. The SMILES string of the molecule is COC(=O)c1cc2c(C=CC3CC3)cccc2s1. The molecule has 92 valence electrons. The van der Waals surface area contributed by atoms with E-state index in [0.717, 1.165) is 16.0 Å². The fraction of sp³-hybridized carbons (Fsp3) is 0.267. The molecule has 0 radical (unpaired) electrons. The monoisotopic (exact) mass is 258 g/mol. The van der Waals surface area contributed by atoms with Gasteiger partial charge in [-0.1, -0.05) is 24.3 Å². The van der Waals surface area contributed by atoms with Crippen molar-refractivity contribution in [1.82, 2.24) is 0 Å². The molecule has 3 rings (SSSR count). The molecule has 1 saturated carbocycles. The highest BCUT2D eigenvalue weighted by atomic mass is 32.1. The molecule has 0 N–H and O–H groups in total. The van der Waals surface area contributed by atoms with Crippen molar-refractivity contribution in [3.63, 3.8) is 0 Å². The van der Waals surface area contributed by atoms with E-state index in [1.807, 2.05) is 18.2 Å². The van der Waals surface area contributed by atoms with Gasteiger partial charge >= 0.3 is 5.97 Å². The Labute approximate surface area is 110 Å². The maximum Gasteiger partial charge on any atom is 0.348 e. The molecule has 1 aromatic carbocycles. The Kier molecular flexibility index (Phi) is 2.92. The van der Waals surface area contributed by atoms with E-state index >= 15 is 0 Å². The van der Waals surface area contributed by atoms with Gasteiger partial charge in [-0.05, 0) is 36.5 Å². The Morgan fingerprint density at radius 2 is 2.28 bits per heavy atom. The molecule has 1 aliphatic carbocycles. The number of methoxy groups -OCH3 is 1. The molecule has 1 heterocycles. The van der Waals surface area contributed by atoms with Crippen LogP contribution in [-0.2, 0) is 4.74 Å². The van der Waals surface area contributed by atoms with Gasteiger partial charge in [-0.15, -0.1) is 11.3 Å². The lowest BCUT2D eigenvalue weighted by atomic mass is 10.1. The predicted molar refractivity (Wildman–Crippen MR) is 74.9 cm³/mol. The van der Waals surface area contributed by atoms with Crippen LogP contribution in [0.25, 0.3) is 16.2 Å². The van der Waals surface area contributed by atoms with Crippen LogP contribution in [0.4, 0.5) is 0 Å². The Hall–Kier alpha value is -1.61. The first-order chi connectivity index (χ1) is 8.78. The van der Waals surface area contributed by atoms with Gasteiger partial charge in [0.15, 0.2) is 0 Å². The third-order valence-corrected chi connectivity index (χ3v) is 4.23. The van der Waals surface area contributed by atoms with Crippen molar-refractivity contribution in [3.05, 3.63) is 40.8 Å². The third-order valence-electron chi connectivity index (χ3n) is 3.15. The summed E-state index contributed by atoms with van der Waals surface area (Å²) >= 11 is 1.49. The first kappa shape index (κ1) is 11.5. The average molecular weight is 258 g/mol. The fourth-order valence-corrected chi connectivity index (χ4v) is 2.97. The van der Waals surface area contributed by atoms with Crippen LogP contribution in [0.5, 0.6) is 0 Å². The van der Waals surface area contributed by atoms with Crippen LogP contribution in [0, 0.1) is 5.92 Å². The summed E-state index contributed by atoms with van der Waals surface area (Å²) in [5, 5.41) is 1.14.